The maximum atomic E-state index is 12.8. The van der Waals surface area contributed by atoms with Gasteiger partial charge in [0.05, 0.1) is 58.2 Å². The van der Waals surface area contributed by atoms with Crippen LogP contribution in [-0.4, -0.2) is 55.1 Å². The maximum Gasteiger partial charge on any atom is 0.418 e. The molecular formula is C68H43Br2Cl2F9I5N5O10. The monoisotopic (exact) mass is 2120 g/mol. The minimum atomic E-state index is -4.60. The van der Waals surface area contributed by atoms with Gasteiger partial charge in [-0.25, -0.2) is 0 Å². The smallest absolute Gasteiger partial charge is 0.418 e. The zero-order valence-corrected chi connectivity index (χ0v) is 65.6. The summed E-state index contributed by atoms with van der Waals surface area (Å²) in [6.45, 7) is 0. The summed E-state index contributed by atoms with van der Waals surface area (Å²) in [4.78, 5) is 60.2. The van der Waals surface area contributed by atoms with Crippen molar-refractivity contribution in [1.82, 2.24) is 0 Å². The Hall–Kier alpha value is -6.89. The van der Waals surface area contributed by atoms with Gasteiger partial charge in [-0.1, -0.05) is 63.4 Å². The van der Waals surface area contributed by atoms with E-state index >= 15 is 0 Å². The number of hydrogen-bond donors (Lipinski definition) is 10. The Balaban J connectivity index is 0.000000199. The topological polar surface area (TPSA) is 247 Å². The molecule has 0 aromatic heterocycles. The minimum absolute atomic E-state index is 0.0153. The first-order valence-electron chi connectivity index (χ1n) is 27.7. The van der Waals surface area contributed by atoms with E-state index in [2.05, 4.69) is 149 Å². The van der Waals surface area contributed by atoms with Gasteiger partial charge in [-0.15, -0.1) is 0 Å². The average molecular weight is 2130 g/mol. The lowest BCUT2D eigenvalue weighted by Gasteiger charge is -2.14. The minimum Gasteiger partial charge on any atom is -0.507 e. The molecule has 33 heteroatoms. The van der Waals surface area contributed by atoms with Gasteiger partial charge in [0, 0.05) is 51.5 Å². The zero-order valence-electron chi connectivity index (χ0n) is 50.1. The first-order valence-corrected chi connectivity index (χ1v) is 35.4. The molecular weight excluding hydrogens is 2080 g/mol. The number of benzene rings is 10. The summed E-state index contributed by atoms with van der Waals surface area (Å²) in [5, 5.41) is 61.2. The largest absolute Gasteiger partial charge is 0.507 e. The van der Waals surface area contributed by atoms with Gasteiger partial charge in [-0.3, -0.25) is 24.0 Å². The van der Waals surface area contributed by atoms with Crippen LogP contribution in [0.25, 0.3) is 0 Å². The number of nitrogens with one attached hydrogen (secondary N) is 5. The van der Waals surface area contributed by atoms with Crippen LogP contribution in [0.2, 0.25) is 10.0 Å². The van der Waals surface area contributed by atoms with E-state index in [1.54, 1.807) is 18.2 Å². The van der Waals surface area contributed by atoms with E-state index in [0.717, 1.165) is 50.7 Å². The Morgan fingerprint density at radius 1 is 0.347 bits per heavy atom. The zero-order chi connectivity index (χ0) is 74.8. The molecule has 526 valence electrons. The third kappa shape index (κ3) is 25.8. The van der Waals surface area contributed by atoms with Gasteiger partial charge < -0.3 is 52.1 Å². The Kier molecular flexibility index (Phi) is 30.9. The molecule has 15 nitrogen and oxygen atoms in total. The Morgan fingerprint density at radius 3 is 1.17 bits per heavy atom. The van der Waals surface area contributed by atoms with Crippen molar-refractivity contribution >= 4 is 226 Å². The van der Waals surface area contributed by atoms with Crippen LogP contribution in [0.15, 0.2) is 209 Å². The van der Waals surface area contributed by atoms with Crippen LogP contribution < -0.4 is 26.6 Å². The van der Waals surface area contributed by atoms with Crippen molar-refractivity contribution < 1.29 is 89.0 Å². The highest BCUT2D eigenvalue weighted by Crippen LogP contribution is 2.38. The van der Waals surface area contributed by atoms with E-state index in [9.17, 15) is 89.0 Å². The van der Waals surface area contributed by atoms with Gasteiger partial charge in [-0.2, -0.15) is 39.5 Å². The third-order valence-electron chi connectivity index (χ3n) is 12.7. The number of hydrogen-bond acceptors (Lipinski definition) is 10. The van der Waals surface area contributed by atoms with Gasteiger partial charge in [-0.05, 0) is 305 Å². The number of phenolic OH excluding ortho intramolecular Hbond substituents is 5. The van der Waals surface area contributed by atoms with Crippen LogP contribution in [0, 0.1) is 17.9 Å². The molecule has 0 saturated carbocycles. The number of alkyl halides is 9. The number of carbonyl (C=O) groups is 5. The molecule has 0 aliphatic heterocycles. The van der Waals surface area contributed by atoms with Crippen LogP contribution >= 0.6 is 168 Å². The molecule has 0 bridgehead atoms. The second-order valence-corrected chi connectivity index (χ2v) is 28.8. The Labute approximate surface area is 663 Å². The lowest BCUT2D eigenvalue weighted by Crippen LogP contribution is -2.16. The number of carbonyl (C=O) groups excluding carboxylic acids is 5. The molecule has 0 aliphatic carbocycles. The van der Waals surface area contributed by atoms with Crippen LogP contribution in [0.3, 0.4) is 0 Å². The predicted octanol–water partition coefficient (Wildman–Crippen LogP) is 22.1. The fraction of sp³-hybridized carbons (Fsp3) is 0.0441. The number of para-hydroxylation sites is 1. The molecule has 0 spiro atoms. The van der Waals surface area contributed by atoms with Crippen molar-refractivity contribution in [2.45, 2.75) is 18.5 Å². The van der Waals surface area contributed by atoms with Gasteiger partial charge in [0.2, 0.25) is 0 Å². The Morgan fingerprint density at radius 2 is 0.723 bits per heavy atom. The molecule has 0 atom stereocenters. The first-order chi connectivity index (χ1) is 47.3. The van der Waals surface area contributed by atoms with Crippen LogP contribution in [-0.2, 0) is 18.5 Å². The molecule has 10 N–H and O–H groups in total. The van der Waals surface area contributed by atoms with Crippen molar-refractivity contribution in [2.24, 2.45) is 0 Å². The molecule has 0 fully saturated rings. The summed E-state index contributed by atoms with van der Waals surface area (Å²) < 4.78 is 120. The fourth-order valence-electron chi connectivity index (χ4n) is 7.98. The number of rotatable bonds is 10. The number of aromatic hydroxyl groups is 5. The maximum absolute atomic E-state index is 12.8. The normalized spacial score (nSPS) is 10.9. The highest BCUT2D eigenvalue weighted by molar-refractivity contribution is 14.1. The first kappa shape index (κ1) is 83.1. The second kappa shape index (κ2) is 37.5. The molecule has 0 saturated heterocycles. The number of amides is 5. The SMILES string of the molecule is O=C(Nc1ccc(I)cc1)c1cc(I)cc(I)c1O.O=C(Nc1ccc(I)cc1)c1cc(I)ccc1O.O=C(Nc1cccc(C(F)(F)F)c1)c1cc(Br)cc(Br)c1O.O=C(Nc1cccc(C(F)(F)F)c1)c1cc(Cl)ccc1O.O=C(Nc1ccccc1C(F)(F)F)c1cc(Cl)ccc1O. The molecule has 10 rings (SSSR count). The number of phenols is 5. The lowest BCUT2D eigenvalue weighted by atomic mass is 10.1. The van der Waals surface area contributed by atoms with E-state index in [1.165, 1.54) is 91.0 Å². The van der Waals surface area contributed by atoms with Crippen molar-refractivity contribution in [2.75, 3.05) is 26.6 Å². The molecule has 0 aliphatic rings. The van der Waals surface area contributed by atoms with Crippen molar-refractivity contribution in [3.63, 3.8) is 0 Å². The molecule has 0 heterocycles. The quantitative estimate of drug-likeness (QED) is 0.0458. The van der Waals surface area contributed by atoms with E-state index in [0.29, 0.717) is 19.4 Å². The highest BCUT2D eigenvalue weighted by Gasteiger charge is 2.35. The van der Waals surface area contributed by atoms with Crippen LogP contribution in [0.1, 0.15) is 68.5 Å². The van der Waals surface area contributed by atoms with E-state index < -0.39 is 58.6 Å². The number of anilines is 5. The van der Waals surface area contributed by atoms with Crippen LogP contribution in [0.4, 0.5) is 68.0 Å². The van der Waals surface area contributed by atoms with Crippen molar-refractivity contribution in [1.29, 1.82) is 0 Å². The van der Waals surface area contributed by atoms with E-state index in [4.69, 9.17) is 23.2 Å². The average Bonchev–Trinajstić information content (AvgIpc) is 0.814. The highest BCUT2D eigenvalue weighted by atomic mass is 127. The van der Waals surface area contributed by atoms with E-state index in [1.807, 2.05) is 77.2 Å². The van der Waals surface area contributed by atoms with Crippen molar-refractivity contribution in [3.8, 4) is 28.7 Å². The van der Waals surface area contributed by atoms with Crippen molar-refractivity contribution in [3.05, 3.63) is 282 Å². The van der Waals surface area contributed by atoms with Crippen LogP contribution in [0.5, 0.6) is 28.7 Å². The Bertz CT molecular complexity index is 4690. The standard InChI is InChI=1S/C14H8Br2F3NO2.2C14H9ClF3NO2.C13H8I3NO2.C13H9I2NO2/c15-8-5-10(12(21)11(16)6-8)13(22)20-9-3-1-2-7(4-9)14(17,18)19;15-9-4-5-12(20)11(7-9)13(21)19-10-3-1-2-8(6-10)14(16,17)18;15-8-5-6-12(20)9(7-8)13(21)19-11-4-2-1-3-10(11)14(16,17)18;14-7-1-3-9(4-2-7)17-13(19)10-5-8(15)6-11(16)12(10)18;14-8-1-4-10(5-2-8)16-13(18)11-7-9(15)3-6-12(11)17/h1-6,21H,(H,20,22);2*1-7,20H,(H,19,21);1-6,18H,(H,17,19);1-7,17H,(H,16,18). The predicted molar refractivity (Wildman–Crippen MR) is 417 cm³/mol. The van der Waals surface area contributed by atoms with Gasteiger partial charge in [0.25, 0.3) is 29.5 Å². The van der Waals surface area contributed by atoms with E-state index in [-0.39, 0.29) is 94.3 Å². The molecule has 0 radical (unpaired) electrons. The molecule has 10 aromatic rings. The number of halogens is 18. The summed E-state index contributed by atoms with van der Waals surface area (Å²) in [5.41, 5.74) is -1.59. The summed E-state index contributed by atoms with van der Waals surface area (Å²) in [7, 11) is 0. The molecule has 5 amide bonds. The summed E-state index contributed by atoms with van der Waals surface area (Å²) in [6, 6.07) is 46.8. The summed E-state index contributed by atoms with van der Waals surface area (Å²) in [6.07, 6.45) is -13.6. The lowest BCUT2D eigenvalue weighted by molar-refractivity contribution is -0.138. The fourth-order valence-corrected chi connectivity index (χ4v) is 12.6. The molecule has 101 heavy (non-hydrogen) atoms. The summed E-state index contributed by atoms with van der Waals surface area (Å²) >= 11 is 28.3. The molecule has 0 unspecified atom stereocenters. The van der Waals surface area contributed by atoms with Gasteiger partial charge in [0.1, 0.15) is 28.7 Å². The summed E-state index contributed by atoms with van der Waals surface area (Å²) in [5.74, 6) is -3.97. The molecule has 10 aromatic carbocycles. The second-order valence-electron chi connectivity index (χ2n) is 20.0. The third-order valence-corrected chi connectivity index (χ3v) is 17.8. The van der Waals surface area contributed by atoms with Gasteiger partial charge >= 0.3 is 18.5 Å². The van der Waals surface area contributed by atoms with Gasteiger partial charge in [0.15, 0.2) is 0 Å².